The highest BCUT2D eigenvalue weighted by molar-refractivity contribution is 7.10. The number of carbonyl (C=O) groups excluding carboxylic acids is 1. The molecule has 1 amide bonds. The summed E-state index contributed by atoms with van der Waals surface area (Å²) in [5.74, 6) is -0.0281. The van der Waals surface area contributed by atoms with Crippen molar-refractivity contribution in [2.24, 2.45) is 0 Å². The lowest BCUT2D eigenvalue weighted by atomic mass is 9.97. The van der Waals surface area contributed by atoms with E-state index in [0.29, 0.717) is 0 Å². The summed E-state index contributed by atoms with van der Waals surface area (Å²) in [6.07, 6.45) is 4.71. The maximum atomic E-state index is 12.0. The van der Waals surface area contributed by atoms with Crippen molar-refractivity contribution in [3.8, 4) is 0 Å². The molecular formula is C14H21NO2S. The van der Waals surface area contributed by atoms with Crippen molar-refractivity contribution in [2.75, 3.05) is 0 Å². The van der Waals surface area contributed by atoms with Crippen LogP contribution in [0.4, 0.5) is 0 Å². The molecule has 1 aliphatic rings. The van der Waals surface area contributed by atoms with E-state index in [9.17, 15) is 9.90 Å². The Morgan fingerprint density at radius 3 is 2.83 bits per heavy atom. The van der Waals surface area contributed by atoms with Crippen molar-refractivity contribution in [3.63, 3.8) is 0 Å². The minimum Gasteiger partial charge on any atom is -0.389 e. The molecule has 2 rings (SSSR count). The lowest BCUT2D eigenvalue weighted by Crippen LogP contribution is -2.36. The van der Waals surface area contributed by atoms with Gasteiger partial charge in [0, 0.05) is 4.88 Å². The van der Waals surface area contributed by atoms with E-state index >= 15 is 0 Å². The van der Waals surface area contributed by atoms with E-state index in [2.05, 4.69) is 12.2 Å². The summed E-state index contributed by atoms with van der Waals surface area (Å²) < 4.78 is 0. The molecule has 1 unspecified atom stereocenters. The van der Waals surface area contributed by atoms with Crippen molar-refractivity contribution < 1.29 is 9.90 Å². The van der Waals surface area contributed by atoms with Gasteiger partial charge >= 0.3 is 0 Å². The van der Waals surface area contributed by atoms with Crippen LogP contribution in [-0.4, -0.2) is 16.6 Å². The third-order valence-corrected chi connectivity index (χ3v) is 4.64. The Morgan fingerprint density at radius 2 is 2.28 bits per heavy atom. The van der Waals surface area contributed by atoms with Crippen LogP contribution >= 0.6 is 11.3 Å². The van der Waals surface area contributed by atoms with E-state index in [1.807, 2.05) is 17.5 Å². The van der Waals surface area contributed by atoms with Gasteiger partial charge in [-0.25, -0.2) is 0 Å². The minimum atomic E-state index is -0.752. The Hall–Kier alpha value is -0.870. The summed E-state index contributed by atoms with van der Waals surface area (Å²) in [4.78, 5) is 13.2. The van der Waals surface area contributed by atoms with Crippen molar-refractivity contribution in [3.05, 3.63) is 22.4 Å². The van der Waals surface area contributed by atoms with Crippen LogP contribution in [0, 0.1) is 0 Å². The Kier molecular flexibility index (Phi) is 4.40. The van der Waals surface area contributed by atoms with Gasteiger partial charge in [-0.2, -0.15) is 0 Å². The number of thiophene rings is 1. The third-order valence-electron chi connectivity index (χ3n) is 3.65. The van der Waals surface area contributed by atoms with Crippen LogP contribution in [0.2, 0.25) is 0 Å². The average molecular weight is 267 g/mol. The molecule has 0 radical (unpaired) electrons. The van der Waals surface area contributed by atoms with Gasteiger partial charge in [0.05, 0.1) is 18.1 Å². The summed E-state index contributed by atoms with van der Waals surface area (Å²) >= 11 is 1.66. The Labute approximate surface area is 112 Å². The first-order chi connectivity index (χ1) is 8.63. The molecule has 18 heavy (non-hydrogen) atoms. The first kappa shape index (κ1) is 13.6. The van der Waals surface area contributed by atoms with Crippen LogP contribution in [0.1, 0.15) is 56.4 Å². The molecule has 1 aliphatic carbocycles. The van der Waals surface area contributed by atoms with E-state index in [0.717, 1.165) is 32.1 Å². The van der Waals surface area contributed by atoms with Crippen LogP contribution in [0.15, 0.2) is 17.5 Å². The summed E-state index contributed by atoms with van der Waals surface area (Å²) in [6, 6.07) is 4.13. The van der Waals surface area contributed by atoms with Crippen LogP contribution < -0.4 is 5.32 Å². The average Bonchev–Trinajstić information content (AvgIpc) is 2.97. The molecule has 1 fully saturated rings. The van der Waals surface area contributed by atoms with E-state index in [1.165, 1.54) is 4.88 Å². The van der Waals surface area contributed by atoms with Crippen LogP contribution in [-0.2, 0) is 4.79 Å². The monoisotopic (exact) mass is 267 g/mol. The molecule has 0 aliphatic heterocycles. The van der Waals surface area contributed by atoms with E-state index < -0.39 is 5.60 Å². The molecule has 1 heterocycles. The van der Waals surface area contributed by atoms with Crippen LogP contribution in [0.3, 0.4) is 0 Å². The minimum absolute atomic E-state index is 0.0281. The molecule has 0 spiro atoms. The highest BCUT2D eigenvalue weighted by atomic mass is 32.1. The predicted octanol–water partition coefficient (Wildman–Crippen LogP) is 3.01. The Balaban J connectivity index is 1.90. The van der Waals surface area contributed by atoms with Crippen molar-refractivity contribution in [1.82, 2.24) is 5.32 Å². The lowest BCUT2D eigenvalue weighted by Gasteiger charge is -2.23. The molecular weight excluding hydrogens is 246 g/mol. The number of carbonyl (C=O) groups is 1. The van der Waals surface area contributed by atoms with Crippen molar-refractivity contribution >= 4 is 17.2 Å². The summed E-state index contributed by atoms with van der Waals surface area (Å²) in [6.45, 7) is 2.06. The second-order valence-corrected chi connectivity index (χ2v) is 6.13. The SMILES string of the molecule is CCC(NC(=O)CC1(O)CCCC1)c1cccs1. The number of amides is 1. The fourth-order valence-corrected chi connectivity index (χ4v) is 3.48. The van der Waals surface area contributed by atoms with Gasteiger partial charge < -0.3 is 10.4 Å². The van der Waals surface area contributed by atoms with E-state index in [4.69, 9.17) is 0 Å². The molecule has 2 N–H and O–H groups in total. The highest BCUT2D eigenvalue weighted by Gasteiger charge is 2.33. The van der Waals surface area contributed by atoms with Gasteiger partial charge in [0.1, 0.15) is 0 Å². The summed E-state index contributed by atoms with van der Waals surface area (Å²) in [7, 11) is 0. The van der Waals surface area contributed by atoms with Gasteiger partial charge in [-0.3, -0.25) is 4.79 Å². The molecule has 1 aromatic heterocycles. The highest BCUT2D eigenvalue weighted by Crippen LogP contribution is 2.32. The molecule has 1 atom stereocenters. The van der Waals surface area contributed by atoms with Crippen LogP contribution in [0.25, 0.3) is 0 Å². The quantitative estimate of drug-likeness (QED) is 0.861. The van der Waals surface area contributed by atoms with Crippen molar-refractivity contribution in [2.45, 2.75) is 57.1 Å². The fourth-order valence-electron chi connectivity index (χ4n) is 2.62. The molecule has 1 saturated carbocycles. The van der Waals surface area contributed by atoms with Gasteiger partial charge in [0.25, 0.3) is 0 Å². The zero-order valence-corrected chi connectivity index (χ0v) is 11.6. The first-order valence-electron chi connectivity index (χ1n) is 6.68. The topological polar surface area (TPSA) is 49.3 Å². The molecule has 100 valence electrons. The van der Waals surface area contributed by atoms with Crippen LogP contribution in [0.5, 0.6) is 0 Å². The molecule has 4 heteroatoms. The molecule has 3 nitrogen and oxygen atoms in total. The molecule has 0 aromatic carbocycles. The number of aliphatic hydroxyl groups is 1. The summed E-state index contributed by atoms with van der Waals surface area (Å²) in [5.41, 5.74) is -0.752. The number of nitrogens with one attached hydrogen (secondary N) is 1. The fraction of sp³-hybridized carbons (Fsp3) is 0.643. The normalized spacial score (nSPS) is 19.7. The van der Waals surface area contributed by atoms with Gasteiger partial charge in [0.2, 0.25) is 5.91 Å². The number of hydrogen-bond acceptors (Lipinski definition) is 3. The van der Waals surface area contributed by atoms with Gasteiger partial charge in [0.15, 0.2) is 0 Å². The predicted molar refractivity (Wildman–Crippen MR) is 73.5 cm³/mol. The zero-order valence-electron chi connectivity index (χ0n) is 10.8. The maximum Gasteiger partial charge on any atom is 0.223 e. The summed E-state index contributed by atoms with van der Waals surface area (Å²) in [5, 5.41) is 15.3. The van der Waals surface area contributed by atoms with E-state index in [-0.39, 0.29) is 18.4 Å². The Morgan fingerprint density at radius 1 is 1.56 bits per heavy atom. The number of rotatable bonds is 5. The Bertz CT molecular complexity index is 383. The van der Waals surface area contributed by atoms with E-state index in [1.54, 1.807) is 11.3 Å². The molecule has 0 bridgehead atoms. The second kappa shape index (κ2) is 5.85. The first-order valence-corrected chi connectivity index (χ1v) is 7.56. The number of hydrogen-bond donors (Lipinski definition) is 2. The third kappa shape index (κ3) is 3.33. The molecule has 1 aromatic rings. The smallest absolute Gasteiger partial charge is 0.223 e. The largest absolute Gasteiger partial charge is 0.389 e. The second-order valence-electron chi connectivity index (χ2n) is 5.15. The maximum absolute atomic E-state index is 12.0. The lowest BCUT2D eigenvalue weighted by molar-refractivity contribution is -0.126. The molecule has 0 saturated heterocycles. The van der Waals surface area contributed by atoms with Gasteiger partial charge in [-0.15, -0.1) is 11.3 Å². The van der Waals surface area contributed by atoms with Gasteiger partial charge in [-0.05, 0) is 30.7 Å². The zero-order chi connectivity index (χ0) is 13.0. The van der Waals surface area contributed by atoms with Gasteiger partial charge in [-0.1, -0.05) is 25.8 Å². The van der Waals surface area contributed by atoms with Crippen molar-refractivity contribution in [1.29, 1.82) is 0 Å². The standard InChI is InChI=1S/C14H21NO2S/c1-2-11(12-6-5-9-18-12)15-13(16)10-14(17)7-3-4-8-14/h5-6,9,11,17H,2-4,7-8,10H2,1H3,(H,15,16).